The number of rotatable bonds is 5. The Morgan fingerprint density at radius 2 is 2.00 bits per heavy atom. The van der Waals surface area contributed by atoms with Crippen LogP contribution in [0.25, 0.3) is 0 Å². The number of carbonyl (C=O) groups is 1. The van der Waals surface area contributed by atoms with Gasteiger partial charge in [0.1, 0.15) is 10.5 Å². The van der Waals surface area contributed by atoms with Crippen LogP contribution in [0.2, 0.25) is 0 Å². The van der Waals surface area contributed by atoms with Crippen LogP contribution < -0.4 is 5.32 Å². The molecule has 0 saturated carbocycles. The van der Waals surface area contributed by atoms with Crippen LogP contribution in [0.4, 0.5) is 0 Å². The van der Waals surface area contributed by atoms with Gasteiger partial charge in [0, 0.05) is 13.0 Å². The van der Waals surface area contributed by atoms with E-state index in [4.69, 9.17) is 4.74 Å². The minimum atomic E-state index is -0.563. The van der Waals surface area contributed by atoms with Gasteiger partial charge in [-0.15, -0.1) is 5.01 Å². The number of hydrogen-bond donors (Lipinski definition) is 1. The lowest BCUT2D eigenvalue weighted by Gasteiger charge is -2.28. The second-order valence-electron chi connectivity index (χ2n) is 6.75. The van der Waals surface area contributed by atoms with Crippen molar-refractivity contribution in [2.75, 3.05) is 20.1 Å². The van der Waals surface area contributed by atoms with Gasteiger partial charge in [0.05, 0.1) is 18.5 Å². The summed E-state index contributed by atoms with van der Waals surface area (Å²) in [4.78, 5) is 25.6. The van der Waals surface area contributed by atoms with Crippen LogP contribution in [0.3, 0.4) is 0 Å². The van der Waals surface area contributed by atoms with Crippen LogP contribution in [0, 0.1) is 10.8 Å². The molecule has 1 aliphatic heterocycles. The number of hydrogen-bond acceptors (Lipinski definition) is 4. The van der Waals surface area contributed by atoms with Gasteiger partial charge < -0.3 is 10.1 Å². The van der Waals surface area contributed by atoms with Crippen LogP contribution in [0.1, 0.15) is 41.0 Å². The molecule has 0 aliphatic carbocycles. The molecule has 0 aromatic rings. The average Bonchev–Trinajstić information content (AvgIpc) is 2.77. The lowest BCUT2D eigenvalue weighted by molar-refractivity contribution is -0.732. The molecule has 20 heavy (non-hydrogen) atoms. The minimum absolute atomic E-state index is 0.000613. The maximum atomic E-state index is 12.4. The molecule has 1 saturated heterocycles. The monoisotopic (exact) mass is 286 g/mol. The fourth-order valence-corrected chi connectivity index (χ4v) is 2.43. The summed E-state index contributed by atoms with van der Waals surface area (Å²) in [6.45, 7) is 10.8. The largest absolute Gasteiger partial charge is 0.458 e. The van der Waals surface area contributed by atoms with Crippen LogP contribution >= 0.6 is 0 Å². The van der Waals surface area contributed by atoms with Crippen molar-refractivity contribution in [1.82, 2.24) is 10.3 Å². The zero-order valence-electron chi connectivity index (χ0n) is 13.5. The van der Waals surface area contributed by atoms with E-state index in [1.165, 1.54) is 5.01 Å². The molecule has 6 nitrogen and oxygen atoms in total. The van der Waals surface area contributed by atoms with Gasteiger partial charge in [-0.3, -0.25) is 0 Å². The molecule has 1 heterocycles. The summed E-state index contributed by atoms with van der Waals surface area (Å²) in [6, 6.07) is -0.670. The fraction of sp³-hybridized carbons (Fsp3) is 0.929. The standard InChI is InChI=1S/C14H28N3O3/c1-10(2)12(13(18)20-14(3,4)5)16(6)17(19)11-7-8-15-9-11/h10-12,15H,7-9H2,1-6H3/q+1/t11-,12-/m0/s1. The first kappa shape index (κ1) is 16.9. The van der Waals surface area contributed by atoms with Gasteiger partial charge in [-0.05, 0) is 26.7 Å². The third kappa shape index (κ3) is 4.44. The summed E-state index contributed by atoms with van der Waals surface area (Å²) in [5.41, 5.74) is -0.548. The van der Waals surface area contributed by atoms with Crippen molar-refractivity contribution in [2.24, 2.45) is 5.92 Å². The smallest absolute Gasteiger partial charge is 0.335 e. The summed E-state index contributed by atoms with van der Waals surface area (Å²) in [6.07, 6.45) is 0.799. The van der Waals surface area contributed by atoms with Crippen molar-refractivity contribution in [2.45, 2.75) is 58.7 Å². The highest BCUT2D eigenvalue weighted by molar-refractivity contribution is 5.76. The van der Waals surface area contributed by atoms with Crippen molar-refractivity contribution in [3.05, 3.63) is 4.91 Å². The van der Waals surface area contributed by atoms with Crippen molar-refractivity contribution >= 4 is 5.97 Å². The zero-order chi connectivity index (χ0) is 15.5. The number of likely N-dealkylation sites (N-methyl/N-ethyl adjacent to an activating group) is 1. The fourth-order valence-electron chi connectivity index (χ4n) is 2.43. The van der Waals surface area contributed by atoms with Gasteiger partial charge >= 0.3 is 5.97 Å². The van der Waals surface area contributed by atoms with Crippen LogP contribution in [-0.4, -0.2) is 53.7 Å². The molecule has 1 rings (SSSR count). The molecule has 0 amide bonds. The Balaban J connectivity index is 2.79. The van der Waals surface area contributed by atoms with E-state index in [0.29, 0.717) is 6.54 Å². The normalized spacial score (nSPS) is 20.9. The molecule has 1 aliphatic rings. The molecule has 0 bridgehead atoms. The van der Waals surface area contributed by atoms with Crippen LogP contribution in [0.15, 0.2) is 0 Å². The Hall–Kier alpha value is -1.17. The molecule has 2 atom stereocenters. The number of ether oxygens (including phenoxy) is 1. The van der Waals surface area contributed by atoms with Gasteiger partial charge in [-0.2, -0.15) is 0 Å². The van der Waals surface area contributed by atoms with E-state index in [2.05, 4.69) is 5.32 Å². The molecule has 0 radical (unpaired) electrons. The number of esters is 1. The minimum Gasteiger partial charge on any atom is -0.458 e. The summed E-state index contributed by atoms with van der Waals surface area (Å²) < 4.78 is 5.43. The SMILES string of the molecule is CC(C)[C@@H](C(=O)OC(C)(C)C)N(C)[N+](=O)[C@H]1CCNC1. The number of carbonyl (C=O) groups excluding carboxylic acids is 1. The van der Waals surface area contributed by atoms with Gasteiger partial charge in [-0.25, -0.2) is 4.79 Å². The van der Waals surface area contributed by atoms with Gasteiger partial charge in [0.15, 0.2) is 6.04 Å². The summed E-state index contributed by atoms with van der Waals surface area (Å²) in [5.74, 6) is -0.345. The molecular weight excluding hydrogens is 258 g/mol. The molecule has 1 N–H and O–H groups in total. The first-order valence-corrected chi connectivity index (χ1v) is 7.26. The van der Waals surface area contributed by atoms with E-state index < -0.39 is 11.6 Å². The van der Waals surface area contributed by atoms with Crippen molar-refractivity contribution in [3.8, 4) is 0 Å². The van der Waals surface area contributed by atoms with Gasteiger partial charge in [-0.1, -0.05) is 13.8 Å². The van der Waals surface area contributed by atoms with Crippen molar-refractivity contribution in [3.63, 3.8) is 0 Å². The lowest BCUT2D eigenvalue weighted by atomic mass is 10.0. The molecule has 6 heteroatoms. The molecule has 1 fully saturated rings. The molecule has 0 aromatic carbocycles. The number of nitrogens with one attached hydrogen (secondary N) is 1. The second kappa shape index (κ2) is 6.52. The van der Waals surface area contributed by atoms with Gasteiger partial charge in [0.2, 0.25) is 6.04 Å². The van der Waals surface area contributed by atoms with E-state index in [-0.39, 0.29) is 17.9 Å². The molecule has 0 spiro atoms. The molecule has 0 unspecified atom stereocenters. The molecule has 0 aromatic heterocycles. The third-order valence-corrected chi connectivity index (χ3v) is 3.34. The maximum Gasteiger partial charge on any atom is 0.335 e. The highest BCUT2D eigenvalue weighted by Crippen LogP contribution is 2.18. The maximum absolute atomic E-state index is 12.4. The van der Waals surface area contributed by atoms with E-state index in [1.54, 1.807) is 7.05 Å². The van der Waals surface area contributed by atoms with Gasteiger partial charge in [0.25, 0.3) is 0 Å². The van der Waals surface area contributed by atoms with E-state index in [0.717, 1.165) is 17.8 Å². The van der Waals surface area contributed by atoms with Crippen LogP contribution in [-0.2, 0) is 9.53 Å². The van der Waals surface area contributed by atoms with E-state index >= 15 is 0 Å². The topological polar surface area (TPSA) is 61.6 Å². The predicted octanol–water partition coefficient (Wildman–Crippen LogP) is 1.34. The lowest BCUT2D eigenvalue weighted by Crippen LogP contribution is -2.52. The quantitative estimate of drug-likeness (QED) is 0.469. The van der Waals surface area contributed by atoms with E-state index in [1.807, 2.05) is 34.6 Å². The number of nitrogens with zero attached hydrogens (tertiary/aromatic N) is 2. The molecular formula is C14H28N3O3+. The Morgan fingerprint density at radius 1 is 1.40 bits per heavy atom. The second-order valence-corrected chi connectivity index (χ2v) is 6.75. The predicted molar refractivity (Wildman–Crippen MR) is 77.1 cm³/mol. The number of nitroso groups, excluding NO2 is 1. The Kier molecular flexibility index (Phi) is 5.50. The van der Waals surface area contributed by atoms with Crippen molar-refractivity contribution in [1.29, 1.82) is 0 Å². The van der Waals surface area contributed by atoms with E-state index in [9.17, 15) is 9.70 Å². The van der Waals surface area contributed by atoms with Crippen molar-refractivity contribution < 1.29 is 14.4 Å². The zero-order valence-corrected chi connectivity index (χ0v) is 13.5. The third-order valence-electron chi connectivity index (χ3n) is 3.34. The Labute approximate surface area is 121 Å². The molecule has 116 valence electrons. The number of hydrazine groups is 1. The highest BCUT2D eigenvalue weighted by atomic mass is 16.6. The Bertz CT molecular complexity index is 357. The summed E-state index contributed by atoms with van der Waals surface area (Å²) in [5, 5.41) is 4.64. The first-order valence-electron chi connectivity index (χ1n) is 7.26. The average molecular weight is 286 g/mol. The summed E-state index contributed by atoms with van der Waals surface area (Å²) in [7, 11) is 1.67. The Morgan fingerprint density at radius 3 is 2.40 bits per heavy atom. The highest BCUT2D eigenvalue weighted by Gasteiger charge is 2.42. The van der Waals surface area contributed by atoms with Crippen LogP contribution in [0.5, 0.6) is 0 Å². The summed E-state index contributed by atoms with van der Waals surface area (Å²) >= 11 is 0. The first-order chi connectivity index (χ1) is 9.13.